The molecule has 0 aliphatic rings. The predicted molar refractivity (Wildman–Crippen MR) is 128 cm³/mol. The van der Waals surface area contributed by atoms with E-state index in [1.54, 1.807) is 0 Å². The zero-order valence-corrected chi connectivity index (χ0v) is 18.0. The Morgan fingerprint density at radius 1 is 0.710 bits per heavy atom. The zero-order chi connectivity index (χ0) is 20.9. The summed E-state index contributed by atoms with van der Waals surface area (Å²) < 4.78 is 4.53. The molecule has 0 unspecified atom stereocenters. The summed E-state index contributed by atoms with van der Waals surface area (Å²) in [6.07, 6.45) is 2.86. The quantitative estimate of drug-likeness (QED) is 0.282. The van der Waals surface area contributed by atoms with Crippen LogP contribution in [0.4, 0.5) is 0 Å². The molecule has 3 aromatic carbocycles. The molecule has 6 aromatic rings. The number of fused-ring (bicyclic) bond motifs is 5. The molecule has 0 radical (unpaired) electrons. The van der Waals surface area contributed by atoms with Gasteiger partial charge in [0.25, 0.3) is 0 Å². The standard InChI is InChI=1S/C26H17Cl2N3/c27-19-11-7-17(8-12-19)16-24-25(18-9-13-20(28)14-10-18)31-22-5-2-1-4-21(22)29-26(31)23-6-3-15-30(23)24/h1-15H,16H2. The molecule has 0 saturated heterocycles. The van der Waals surface area contributed by atoms with Crippen LogP contribution in [0, 0.1) is 0 Å². The summed E-state index contributed by atoms with van der Waals surface area (Å²) in [7, 11) is 0. The second kappa shape index (κ2) is 7.16. The monoisotopic (exact) mass is 441 g/mol. The Morgan fingerprint density at radius 2 is 1.39 bits per heavy atom. The van der Waals surface area contributed by atoms with E-state index in [1.807, 2.05) is 30.3 Å². The molecular weight excluding hydrogens is 425 g/mol. The lowest BCUT2D eigenvalue weighted by molar-refractivity contribution is 0.981. The van der Waals surface area contributed by atoms with Gasteiger partial charge in [0.1, 0.15) is 0 Å². The van der Waals surface area contributed by atoms with Crippen LogP contribution < -0.4 is 0 Å². The molecule has 0 spiro atoms. The summed E-state index contributed by atoms with van der Waals surface area (Å²) in [5.41, 5.74) is 8.66. The average Bonchev–Trinajstić information content (AvgIpc) is 3.41. The van der Waals surface area contributed by atoms with Gasteiger partial charge in [-0.05, 0) is 54.1 Å². The van der Waals surface area contributed by atoms with Gasteiger partial charge in [-0.1, -0.05) is 59.6 Å². The third-order valence-electron chi connectivity index (χ3n) is 5.73. The van der Waals surface area contributed by atoms with E-state index < -0.39 is 0 Å². The van der Waals surface area contributed by atoms with E-state index in [-0.39, 0.29) is 0 Å². The molecule has 150 valence electrons. The summed E-state index contributed by atoms with van der Waals surface area (Å²) in [6, 6.07) is 28.5. The van der Waals surface area contributed by atoms with E-state index in [9.17, 15) is 0 Å². The molecule has 0 saturated carbocycles. The van der Waals surface area contributed by atoms with Crippen molar-refractivity contribution < 1.29 is 0 Å². The lowest BCUT2D eigenvalue weighted by atomic mass is 10.0. The minimum absolute atomic E-state index is 0.719. The molecule has 0 aliphatic heterocycles. The average molecular weight is 442 g/mol. The molecule has 0 fully saturated rings. The lowest BCUT2D eigenvalue weighted by Gasteiger charge is -2.17. The predicted octanol–water partition coefficient (Wildman–Crippen LogP) is 7.30. The maximum absolute atomic E-state index is 6.22. The van der Waals surface area contributed by atoms with Crippen molar-refractivity contribution in [3.8, 4) is 11.3 Å². The Kier molecular flexibility index (Phi) is 4.27. The van der Waals surface area contributed by atoms with Gasteiger partial charge in [-0.15, -0.1) is 0 Å². The summed E-state index contributed by atoms with van der Waals surface area (Å²) in [6.45, 7) is 0. The largest absolute Gasteiger partial charge is 0.315 e. The molecule has 0 bridgehead atoms. The molecule has 5 heteroatoms. The first-order chi connectivity index (χ1) is 15.2. The van der Waals surface area contributed by atoms with Gasteiger partial charge in [0.2, 0.25) is 0 Å². The lowest BCUT2D eigenvalue weighted by Crippen LogP contribution is -2.07. The molecule has 3 nitrogen and oxygen atoms in total. The van der Waals surface area contributed by atoms with E-state index in [1.165, 1.54) is 11.3 Å². The first kappa shape index (κ1) is 18.5. The van der Waals surface area contributed by atoms with Gasteiger partial charge < -0.3 is 4.40 Å². The maximum Gasteiger partial charge on any atom is 0.162 e. The van der Waals surface area contributed by atoms with Crippen LogP contribution in [0.3, 0.4) is 0 Å². The Labute approximate surface area is 189 Å². The smallest absolute Gasteiger partial charge is 0.162 e. The number of halogens is 2. The van der Waals surface area contributed by atoms with Crippen LogP contribution in [0.1, 0.15) is 11.3 Å². The molecule has 0 atom stereocenters. The van der Waals surface area contributed by atoms with Gasteiger partial charge in [0, 0.05) is 28.2 Å². The number of imidazole rings is 1. The van der Waals surface area contributed by atoms with Crippen molar-refractivity contribution in [2.45, 2.75) is 6.42 Å². The van der Waals surface area contributed by atoms with Crippen LogP contribution in [0.15, 0.2) is 91.1 Å². The fourth-order valence-corrected chi connectivity index (χ4v) is 4.59. The Bertz CT molecular complexity index is 1560. The number of benzene rings is 3. The zero-order valence-electron chi connectivity index (χ0n) is 16.5. The molecule has 3 heterocycles. The van der Waals surface area contributed by atoms with Crippen molar-refractivity contribution in [2.75, 3.05) is 0 Å². The van der Waals surface area contributed by atoms with Gasteiger partial charge in [0.15, 0.2) is 5.65 Å². The van der Waals surface area contributed by atoms with Crippen LogP contribution in [-0.2, 0) is 6.42 Å². The topological polar surface area (TPSA) is 21.7 Å². The third-order valence-corrected chi connectivity index (χ3v) is 6.23. The highest BCUT2D eigenvalue weighted by atomic mass is 35.5. The number of aromatic nitrogens is 3. The number of hydrogen-bond donors (Lipinski definition) is 0. The molecule has 31 heavy (non-hydrogen) atoms. The highest BCUT2D eigenvalue weighted by Crippen LogP contribution is 2.33. The van der Waals surface area contributed by atoms with Crippen molar-refractivity contribution in [1.29, 1.82) is 0 Å². The highest BCUT2D eigenvalue weighted by Gasteiger charge is 2.19. The fourth-order valence-electron chi connectivity index (χ4n) is 4.33. The first-order valence-corrected chi connectivity index (χ1v) is 10.8. The minimum atomic E-state index is 0.719. The number of nitrogens with zero attached hydrogens (tertiary/aromatic N) is 3. The van der Waals surface area contributed by atoms with Gasteiger partial charge in [-0.2, -0.15) is 0 Å². The molecule has 0 N–H and O–H groups in total. The van der Waals surface area contributed by atoms with E-state index in [0.29, 0.717) is 0 Å². The summed E-state index contributed by atoms with van der Waals surface area (Å²) in [4.78, 5) is 4.98. The minimum Gasteiger partial charge on any atom is -0.315 e. The number of hydrogen-bond acceptors (Lipinski definition) is 1. The third kappa shape index (κ3) is 3.01. The molecule has 0 amide bonds. The summed E-state index contributed by atoms with van der Waals surface area (Å²) >= 11 is 12.3. The molecular formula is C26H17Cl2N3. The van der Waals surface area contributed by atoms with E-state index in [4.69, 9.17) is 28.2 Å². The van der Waals surface area contributed by atoms with Gasteiger partial charge in [0.05, 0.1) is 27.9 Å². The van der Waals surface area contributed by atoms with Crippen molar-refractivity contribution in [2.24, 2.45) is 0 Å². The first-order valence-electron chi connectivity index (χ1n) is 10.1. The van der Waals surface area contributed by atoms with E-state index in [0.717, 1.165) is 49.9 Å². The normalized spacial score (nSPS) is 11.7. The van der Waals surface area contributed by atoms with Crippen LogP contribution in [0.2, 0.25) is 10.0 Å². The van der Waals surface area contributed by atoms with E-state index >= 15 is 0 Å². The second-order valence-corrected chi connectivity index (χ2v) is 8.50. The van der Waals surface area contributed by atoms with Crippen LogP contribution in [0.25, 0.3) is 33.5 Å². The fraction of sp³-hybridized carbons (Fsp3) is 0.0385. The van der Waals surface area contributed by atoms with Crippen LogP contribution in [0.5, 0.6) is 0 Å². The number of rotatable bonds is 3. The number of para-hydroxylation sites is 2. The maximum atomic E-state index is 6.22. The van der Waals surface area contributed by atoms with Crippen LogP contribution in [-0.4, -0.2) is 13.8 Å². The highest BCUT2D eigenvalue weighted by molar-refractivity contribution is 6.30. The molecule has 3 aromatic heterocycles. The Morgan fingerprint density at radius 3 is 2.16 bits per heavy atom. The van der Waals surface area contributed by atoms with Gasteiger partial charge >= 0.3 is 0 Å². The summed E-state index contributed by atoms with van der Waals surface area (Å²) in [5.74, 6) is 0. The molecule has 6 rings (SSSR count). The van der Waals surface area contributed by atoms with Crippen molar-refractivity contribution in [3.05, 3.63) is 112 Å². The van der Waals surface area contributed by atoms with Gasteiger partial charge in [-0.3, -0.25) is 4.40 Å². The SMILES string of the molecule is Clc1ccc(Cc2c(-c3ccc(Cl)cc3)n3c4ccccc4nc3c3cccn23)cc1. The van der Waals surface area contributed by atoms with Gasteiger partial charge in [-0.25, -0.2) is 4.98 Å². The van der Waals surface area contributed by atoms with Crippen molar-refractivity contribution in [3.63, 3.8) is 0 Å². The second-order valence-electron chi connectivity index (χ2n) is 7.63. The Hall–Kier alpha value is -3.27. The molecule has 0 aliphatic carbocycles. The Balaban J connectivity index is 1.76. The van der Waals surface area contributed by atoms with Crippen LogP contribution >= 0.6 is 23.2 Å². The van der Waals surface area contributed by atoms with E-state index in [2.05, 4.69) is 69.6 Å². The van der Waals surface area contributed by atoms with Crippen molar-refractivity contribution in [1.82, 2.24) is 13.8 Å². The van der Waals surface area contributed by atoms with Crippen molar-refractivity contribution >= 4 is 45.4 Å². The summed E-state index contributed by atoms with van der Waals surface area (Å²) in [5, 5.41) is 1.46.